The molecule has 0 radical (unpaired) electrons. The maximum atomic E-state index is 12.9. The topological polar surface area (TPSA) is 84.2 Å². The normalized spacial score (nSPS) is 10.1. The third kappa shape index (κ3) is 8.50. The Morgan fingerprint density at radius 1 is 0.893 bits per heavy atom. The van der Waals surface area contributed by atoms with Crippen molar-refractivity contribution in [1.82, 2.24) is 5.32 Å². The summed E-state index contributed by atoms with van der Waals surface area (Å²) in [6, 6.07) is 12.6. The second kappa shape index (κ2) is 12.9. The molecule has 0 heterocycles. The average Bonchev–Trinajstić information content (AvgIpc) is 2.68. The van der Waals surface area contributed by atoms with Crippen LogP contribution in [0.4, 0.5) is 10.1 Å². The highest BCUT2D eigenvalue weighted by Crippen LogP contribution is 2.12. The van der Waals surface area contributed by atoms with Gasteiger partial charge in [0.15, 0.2) is 0 Å². The molecule has 0 aliphatic rings. The summed E-state index contributed by atoms with van der Waals surface area (Å²) in [7, 11) is 0. The summed E-state index contributed by atoms with van der Waals surface area (Å²) in [5.74, 6) is -0.643. The zero-order valence-electron chi connectivity index (χ0n) is 15.7. The molecule has 5 nitrogen and oxygen atoms in total. The summed E-state index contributed by atoms with van der Waals surface area (Å²) in [6.45, 7) is 1.15. The Morgan fingerprint density at radius 3 is 2.18 bits per heavy atom. The Kier molecular flexibility index (Phi) is 10.8. The predicted octanol–water partition coefficient (Wildman–Crippen LogP) is 4.03. The molecular weight excluding hydrogens is 381 g/mol. The molecule has 0 bridgehead atoms. The van der Waals surface area contributed by atoms with Crippen LogP contribution in [-0.4, -0.2) is 18.4 Å². The standard InChI is InChI=1S/C21H26FN3O2.ClH/c22-18-10-8-17(9-11-18)21(27)25-19-12-6-16(7-13-19)15-24-20(26)5-3-1-2-4-14-23;/h6-13H,1-5,14-15,23H2,(H,24,26)(H,25,27);1H. The Hall–Kier alpha value is -2.44. The van der Waals surface area contributed by atoms with Crippen molar-refractivity contribution in [2.45, 2.75) is 38.6 Å². The van der Waals surface area contributed by atoms with E-state index in [1.807, 2.05) is 12.1 Å². The van der Waals surface area contributed by atoms with E-state index in [4.69, 9.17) is 5.73 Å². The van der Waals surface area contributed by atoms with Crippen LogP contribution in [0.25, 0.3) is 0 Å². The maximum absolute atomic E-state index is 12.9. The Bertz CT molecular complexity index is 736. The molecule has 2 aromatic carbocycles. The van der Waals surface area contributed by atoms with Gasteiger partial charge in [-0.15, -0.1) is 12.4 Å². The number of amides is 2. The van der Waals surface area contributed by atoms with Crippen LogP contribution < -0.4 is 16.4 Å². The molecule has 28 heavy (non-hydrogen) atoms. The zero-order chi connectivity index (χ0) is 19.5. The first-order chi connectivity index (χ1) is 13.1. The molecule has 0 aliphatic carbocycles. The van der Waals surface area contributed by atoms with Crippen molar-refractivity contribution in [3.63, 3.8) is 0 Å². The highest BCUT2D eigenvalue weighted by Gasteiger charge is 2.06. The van der Waals surface area contributed by atoms with Crippen LogP contribution >= 0.6 is 12.4 Å². The first-order valence-corrected chi connectivity index (χ1v) is 9.21. The smallest absolute Gasteiger partial charge is 0.255 e. The minimum atomic E-state index is -0.381. The number of unbranched alkanes of at least 4 members (excludes halogenated alkanes) is 3. The lowest BCUT2D eigenvalue weighted by Gasteiger charge is -2.08. The molecule has 0 unspecified atom stereocenters. The van der Waals surface area contributed by atoms with Gasteiger partial charge in [0.05, 0.1) is 0 Å². The third-order valence-corrected chi connectivity index (χ3v) is 4.17. The third-order valence-electron chi connectivity index (χ3n) is 4.17. The van der Waals surface area contributed by atoms with Crippen molar-refractivity contribution in [1.29, 1.82) is 0 Å². The maximum Gasteiger partial charge on any atom is 0.255 e. The van der Waals surface area contributed by atoms with E-state index in [2.05, 4.69) is 10.6 Å². The van der Waals surface area contributed by atoms with Gasteiger partial charge in [-0.1, -0.05) is 25.0 Å². The molecular formula is C21H27ClFN3O2. The number of hydrogen-bond donors (Lipinski definition) is 3. The van der Waals surface area contributed by atoms with Gasteiger partial charge in [0, 0.05) is 24.2 Å². The van der Waals surface area contributed by atoms with Gasteiger partial charge in [-0.3, -0.25) is 9.59 Å². The lowest BCUT2D eigenvalue weighted by Crippen LogP contribution is -2.22. The minimum Gasteiger partial charge on any atom is -0.352 e. The van der Waals surface area contributed by atoms with Gasteiger partial charge < -0.3 is 16.4 Å². The summed E-state index contributed by atoms with van der Waals surface area (Å²) < 4.78 is 12.9. The molecule has 0 atom stereocenters. The van der Waals surface area contributed by atoms with Crippen molar-refractivity contribution >= 4 is 29.9 Å². The Morgan fingerprint density at radius 2 is 1.54 bits per heavy atom. The van der Waals surface area contributed by atoms with Crippen LogP contribution in [0.3, 0.4) is 0 Å². The van der Waals surface area contributed by atoms with Gasteiger partial charge in [-0.2, -0.15) is 0 Å². The highest BCUT2D eigenvalue weighted by molar-refractivity contribution is 6.04. The van der Waals surface area contributed by atoms with Gasteiger partial charge >= 0.3 is 0 Å². The predicted molar refractivity (Wildman–Crippen MR) is 112 cm³/mol. The van der Waals surface area contributed by atoms with Crippen molar-refractivity contribution in [3.8, 4) is 0 Å². The van der Waals surface area contributed by atoms with Crippen LogP contribution in [0.5, 0.6) is 0 Å². The summed E-state index contributed by atoms with van der Waals surface area (Å²) in [6.07, 6.45) is 4.49. The SMILES string of the molecule is Cl.NCCCCCCC(=O)NCc1ccc(NC(=O)c2ccc(F)cc2)cc1. The molecule has 7 heteroatoms. The molecule has 2 rings (SSSR count). The number of nitrogens with one attached hydrogen (secondary N) is 2. The second-order valence-electron chi connectivity index (χ2n) is 6.39. The molecule has 0 aromatic heterocycles. The van der Waals surface area contributed by atoms with E-state index >= 15 is 0 Å². The largest absolute Gasteiger partial charge is 0.352 e. The summed E-state index contributed by atoms with van der Waals surface area (Å²) >= 11 is 0. The van der Waals surface area contributed by atoms with E-state index in [-0.39, 0.29) is 30.0 Å². The van der Waals surface area contributed by atoms with Crippen LogP contribution in [0, 0.1) is 5.82 Å². The molecule has 152 valence electrons. The number of rotatable bonds is 10. The van der Waals surface area contributed by atoms with Crippen LogP contribution in [0.15, 0.2) is 48.5 Å². The van der Waals surface area contributed by atoms with Crippen molar-refractivity contribution in [2.24, 2.45) is 5.73 Å². The number of halogens is 2. The lowest BCUT2D eigenvalue weighted by atomic mass is 10.1. The van der Waals surface area contributed by atoms with Crippen LogP contribution in [0.2, 0.25) is 0 Å². The van der Waals surface area contributed by atoms with Gasteiger partial charge in [0.25, 0.3) is 5.91 Å². The Balaban J connectivity index is 0.00000392. The number of benzene rings is 2. The van der Waals surface area contributed by atoms with Gasteiger partial charge in [-0.25, -0.2) is 4.39 Å². The van der Waals surface area contributed by atoms with Gasteiger partial charge in [0.2, 0.25) is 5.91 Å². The lowest BCUT2D eigenvalue weighted by molar-refractivity contribution is -0.121. The minimum absolute atomic E-state index is 0. The molecule has 0 saturated heterocycles. The van der Waals surface area contributed by atoms with Crippen LogP contribution in [-0.2, 0) is 11.3 Å². The molecule has 2 aromatic rings. The molecule has 4 N–H and O–H groups in total. The van der Waals surface area contributed by atoms with E-state index in [1.165, 1.54) is 24.3 Å². The highest BCUT2D eigenvalue weighted by atomic mass is 35.5. The summed E-state index contributed by atoms with van der Waals surface area (Å²) in [5.41, 5.74) is 7.42. The van der Waals surface area contributed by atoms with E-state index in [1.54, 1.807) is 12.1 Å². The number of carbonyl (C=O) groups is 2. The van der Waals surface area contributed by atoms with E-state index < -0.39 is 0 Å². The van der Waals surface area contributed by atoms with Gasteiger partial charge in [-0.05, 0) is 61.3 Å². The molecule has 0 saturated carbocycles. The number of anilines is 1. The molecule has 2 amide bonds. The first-order valence-electron chi connectivity index (χ1n) is 9.21. The van der Waals surface area contributed by atoms with Gasteiger partial charge in [0.1, 0.15) is 5.82 Å². The van der Waals surface area contributed by atoms with Crippen molar-refractivity contribution in [3.05, 3.63) is 65.5 Å². The summed E-state index contributed by atoms with van der Waals surface area (Å²) in [4.78, 5) is 23.9. The number of hydrogen-bond acceptors (Lipinski definition) is 3. The first kappa shape index (κ1) is 23.6. The number of carbonyl (C=O) groups excluding carboxylic acids is 2. The van der Waals surface area contributed by atoms with E-state index in [0.717, 1.165) is 31.2 Å². The number of nitrogens with two attached hydrogens (primary N) is 1. The molecule has 0 aliphatic heterocycles. The second-order valence-corrected chi connectivity index (χ2v) is 6.39. The zero-order valence-corrected chi connectivity index (χ0v) is 16.6. The molecule has 0 fully saturated rings. The molecule has 0 spiro atoms. The monoisotopic (exact) mass is 407 g/mol. The quantitative estimate of drug-likeness (QED) is 0.520. The van der Waals surface area contributed by atoms with E-state index in [0.29, 0.717) is 30.8 Å². The van der Waals surface area contributed by atoms with Crippen LogP contribution in [0.1, 0.15) is 48.0 Å². The van der Waals surface area contributed by atoms with E-state index in [9.17, 15) is 14.0 Å². The fourth-order valence-electron chi connectivity index (χ4n) is 2.58. The van der Waals surface area contributed by atoms with Crippen molar-refractivity contribution in [2.75, 3.05) is 11.9 Å². The van der Waals surface area contributed by atoms with Crippen molar-refractivity contribution < 1.29 is 14.0 Å². The fraction of sp³-hybridized carbons (Fsp3) is 0.333. The summed E-state index contributed by atoms with van der Waals surface area (Å²) in [5, 5.41) is 5.65. The average molecular weight is 408 g/mol. The fourth-order valence-corrected chi connectivity index (χ4v) is 2.58. The Labute approximate surface area is 171 Å².